The molecule has 1 nitrogen and oxygen atoms in total. The number of hydrogen-bond acceptors (Lipinski definition) is 1. The first-order valence-corrected chi connectivity index (χ1v) is 6.82. The van der Waals surface area contributed by atoms with Crippen LogP contribution in [0.1, 0.15) is 26.9 Å². The van der Waals surface area contributed by atoms with Gasteiger partial charge in [-0.1, -0.05) is 57.9 Å². The molecule has 0 amide bonds. The van der Waals surface area contributed by atoms with Crippen LogP contribution in [0.5, 0.6) is 0 Å². The van der Waals surface area contributed by atoms with Gasteiger partial charge in [0, 0.05) is 10.0 Å². The Morgan fingerprint density at radius 2 is 1.83 bits per heavy atom. The molecule has 1 atom stereocenters. The van der Waals surface area contributed by atoms with E-state index in [1.165, 1.54) is 0 Å². The number of Topliss-reactive ketones (excluding diaryl/α,β-unsaturated/α-hetero) is 1. The van der Waals surface area contributed by atoms with Gasteiger partial charge in [-0.25, -0.2) is 0 Å². The Kier molecular flexibility index (Phi) is 4.20. The fraction of sp³-hybridized carbons (Fsp3) is 0.133. The van der Waals surface area contributed by atoms with E-state index < -0.39 is 5.38 Å². The highest BCUT2D eigenvalue weighted by Crippen LogP contribution is 2.28. The number of aryl methyl sites for hydroxylation is 1. The minimum Gasteiger partial charge on any atom is -0.292 e. The van der Waals surface area contributed by atoms with Gasteiger partial charge in [-0.3, -0.25) is 4.79 Å². The van der Waals surface area contributed by atoms with Crippen LogP contribution in [0.25, 0.3) is 0 Å². The molecule has 0 saturated heterocycles. The summed E-state index contributed by atoms with van der Waals surface area (Å²) in [5.74, 6) is -0.0848. The fourth-order valence-corrected chi connectivity index (χ4v) is 2.44. The van der Waals surface area contributed by atoms with E-state index in [9.17, 15) is 4.79 Å². The molecule has 3 heteroatoms. The first-order valence-electron chi connectivity index (χ1n) is 5.59. The van der Waals surface area contributed by atoms with Crippen LogP contribution in [0, 0.1) is 6.92 Å². The molecule has 18 heavy (non-hydrogen) atoms. The highest BCUT2D eigenvalue weighted by atomic mass is 79.9. The Labute approximate surface area is 120 Å². The zero-order valence-electron chi connectivity index (χ0n) is 9.86. The topological polar surface area (TPSA) is 17.1 Å². The highest BCUT2D eigenvalue weighted by Gasteiger charge is 2.21. The van der Waals surface area contributed by atoms with E-state index in [1.807, 2.05) is 55.5 Å². The van der Waals surface area contributed by atoms with Crippen LogP contribution in [-0.2, 0) is 0 Å². The molecule has 1 unspecified atom stereocenters. The van der Waals surface area contributed by atoms with Crippen LogP contribution in [0.15, 0.2) is 53.0 Å². The summed E-state index contributed by atoms with van der Waals surface area (Å²) in [4.78, 5) is 12.4. The SMILES string of the molecule is Cc1ccc(Br)c(C(=O)C(Cl)c2ccccc2)c1. The second-order valence-electron chi connectivity index (χ2n) is 4.12. The summed E-state index contributed by atoms with van der Waals surface area (Å²) in [6.07, 6.45) is 0. The quantitative estimate of drug-likeness (QED) is 0.579. The molecule has 0 bridgehead atoms. The van der Waals surface area contributed by atoms with E-state index in [2.05, 4.69) is 15.9 Å². The lowest BCUT2D eigenvalue weighted by atomic mass is 10.0. The molecule has 0 N–H and O–H groups in total. The van der Waals surface area contributed by atoms with Crippen molar-refractivity contribution in [2.24, 2.45) is 0 Å². The second-order valence-corrected chi connectivity index (χ2v) is 5.41. The third kappa shape index (κ3) is 2.82. The molecular weight excluding hydrogens is 312 g/mol. The molecular formula is C15H12BrClO. The number of halogens is 2. The summed E-state index contributed by atoms with van der Waals surface area (Å²) in [6.45, 7) is 1.95. The molecule has 2 rings (SSSR count). The molecule has 0 radical (unpaired) electrons. The molecule has 0 spiro atoms. The van der Waals surface area contributed by atoms with E-state index >= 15 is 0 Å². The van der Waals surface area contributed by atoms with Crippen LogP contribution in [0.3, 0.4) is 0 Å². The molecule has 92 valence electrons. The standard InChI is InChI=1S/C15H12BrClO/c1-10-7-8-13(16)12(9-10)15(18)14(17)11-5-3-2-4-6-11/h2-9,14H,1H3. The molecule has 0 saturated carbocycles. The number of rotatable bonds is 3. The first-order chi connectivity index (χ1) is 8.59. The van der Waals surface area contributed by atoms with Crippen molar-refractivity contribution in [2.45, 2.75) is 12.3 Å². The average Bonchev–Trinajstić information content (AvgIpc) is 2.41. The summed E-state index contributed by atoms with van der Waals surface area (Å²) in [5, 5.41) is -0.649. The van der Waals surface area contributed by atoms with Crippen LogP contribution in [-0.4, -0.2) is 5.78 Å². The smallest absolute Gasteiger partial charge is 0.186 e. The lowest BCUT2D eigenvalue weighted by Crippen LogP contribution is -2.08. The van der Waals surface area contributed by atoms with Crippen LogP contribution in [0.2, 0.25) is 0 Å². The largest absolute Gasteiger partial charge is 0.292 e. The van der Waals surface area contributed by atoms with Crippen molar-refractivity contribution in [3.8, 4) is 0 Å². The lowest BCUT2D eigenvalue weighted by molar-refractivity contribution is 0.0986. The van der Waals surface area contributed by atoms with Crippen molar-refractivity contribution in [2.75, 3.05) is 0 Å². The molecule has 0 aliphatic heterocycles. The molecule has 0 fully saturated rings. The Hall–Kier alpha value is -1.12. The minimum atomic E-state index is -0.649. The van der Waals surface area contributed by atoms with Gasteiger partial charge >= 0.3 is 0 Å². The van der Waals surface area contributed by atoms with E-state index in [4.69, 9.17) is 11.6 Å². The zero-order chi connectivity index (χ0) is 13.1. The number of carbonyl (C=O) groups excluding carboxylic acids is 1. The Morgan fingerprint density at radius 1 is 1.17 bits per heavy atom. The zero-order valence-corrected chi connectivity index (χ0v) is 12.2. The predicted molar refractivity (Wildman–Crippen MR) is 78.2 cm³/mol. The van der Waals surface area contributed by atoms with Gasteiger partial charge in [-0.15, -0.1) is 11.6 Å². The summed E-state index contributed by atoms with van der Waals surface area (Å²) >= 11 is 9.64. The molecule has 2 aromatic carbocycles. The maximum absolute atomic E-state index is 12.4. The van der Waals surface area contributed by atoms with Gasteiger partial charge in [-0.05, 0) is 24.6 Å². The van der Waals surface area contributed by atoms with Crippen molar-refractivity contribution in [1.82, 2.24) is 0 Å². The van der Waals surface area contributed by atoms with Gasteiger partial charge in [0.05, 0.1) is 0 Å². The van der Waals surface area contributed by atoms with Gasteiger partial charge in [0.25, 0.3) is 0 Å². The van der Waals surface area contributed by atoms with Crippen molar-refractivity contribution >= 4 is 33.3 Å². The van der Waals surface area contributed by atoms with Crippen molar-refractivity contribution in [3.05, 3.63) is 69.7 Å². The van der Waals surface area contributed by atoms with Gasteiger partial charge in [-0.2, -0.15) is 0 Å². The van der Waals surface area contributed by atoms with E-state index in [-0.39, 0.29) is 5.78 Å². The van der Waals surface area contributed by atoms with E-state index in [0.717, 1.165) is 15.6 Å². The minimum absolute atomic E-state index is 0.0848. The first kappa shape index (κ1) is 13.3. The lowest BCUT2D eigenvalue weighted by Gasteiger charge is -2.11. The molecule has 0 aromatic heterocycles. The molecule has 2 aromatic rings. The summed E-state index contributed by atoms with van der Waals surface area (Å²) in [7, 11) is 0. The number of ketones is 1. The second kappa shape index (κ2) is 5.68. The summed E-state index contributed by atoms with van der Waals surface area (Å²) in [6, 6.07) is 15.1. The van der Waals surface area contributed by atoms with Crippen molar-refractivity contribution in [3.63, 3.8) is 0 Å². The van der Waals surface area contributed by atoms with Crippen LogP contribution >= 0.6 is 27.5 Å². The van der Waals surface area contributed by atoms with Crippen LogP contribution < -0.4 is 0 Å². The molecule has 0 heterocycles. The maximum atomic E-state index is 12.4. The predicted octanol–water partition coefficient (Wildman–Crippen LogP) is 4.92. The number of benzene rings is 2. The molecule has 0 aliphatic carbocycles. The fourth-order valence-electron chi connectivity index (χ4n) is 1.74. The highest BCUT2D eigenvalue weighted by molar-refractivity contribution is 9.10. The summed E-state index contributed by atoms with van der Waals surface area (Å²) in [5.41, 5.74) is 2.48. The Bertz CT molecular complexity index is 566. The number of hydrogen-bond donors (Lipinski definition) is 0. The monoisotopic (exact) mass is 322 g/mol. The Balaban J connectivity index is 2.34. The van der Waals surface area contributed by atoms with Gasteiger partial charge < -0.3 is 0 Å². The van der Waals surface area contributed by atoms with Crippen molar-refractivity contribution < 1.29 is 4.79 Å². The van der Waals surface area contributed by atoms with E-state index in [1.54, 1.807) is 0 Å². The third-order valence-corrected chi connectivity index (χ3v) is 3.85. The van der Waals surface area contributed by atoms with Gasteiger partial charge in [0.15, 0.2) is 5.78 Å². The third-order valence-electron chi connectivity index (χ3n) is 2.71. The Morgan fingerprint density at radius 3 is 2.50 bits per heavy atom. The maximum Gasteiger partial charge on any atom is 0.186 e. The van der Waals surface area contributed by atoms with Crippen LogP contribution in [0.4, 0.5) is 0 Å². The summed E-state index contributed by atoms with van der Waals surface area (Å²) < 4.78 is 0.777. The number of alkyl halides is 1. The van der Waals surface area contributed by atoms with E-state index in [0.29, 0.717) is 5.56 Å². The molecule has 0 aliphatic rings. The van der Waals surface area contributed by atoms with Crippen molar-refractivity contribution in [1.29, 1.82) is 0 Å². The van der Waals surface area contributed by atoms with Gasteiger partial charge in [0.2, 0.25) is 0 Å². The normalized spacial score (nSPS) is 12.2. The van der Waals surface area contributed by atoms with Gasteiger partial charge in [0.1, 0.15) is 5.38 Å². The number of carbonyl (C=O) groups is 1. The average molecular weight is 324 g/mol.